The molecule has 3 N–H and O–H groups in total. The van der Waals surface area contributed by atoms with Crippen molar-refractivity contribution in [1.82, 2.24) is 10.2 Å². The Morgan fingerprint density at radius 3 is 2.14 bits per heavy atom. The van der Waals surface area contributed by atoms with Gasteiger partial charge in [-0.25, -0.2) is 0 Å². The molecule has 4 nitrogen and oxygen atoms in total. The van der Waals surface area contributed by atoms with E-state index in [0.29, 0.717) is 11.8 Å². The number of carbonyl (C=O) groups excluding carboxylic acids is 1. The molecule has 1 aliphatic rings. The van der Waals surface area contributed by atoms with Crippen LogP contribution in [0.1, 0.15) is 37.9 Å². The fourth-order valence-corrected chi connectivity index (χ4v) is 4.36. The summed E-state index contributed by atoms with van der Waals surface area (Å²) in [4.78, 5) is 15.4. The van der Waals surface area contributed by atoms with Crippen LogP contribution in [0.3, 0.4) is 0 Å². The lowest BCUT2D eigenvalue weighted by Gasteiger charge is -2.42. The van der Waals surface area contributed by atoms with Gasteiger partial charge in [-0.2, -0.15) is 0 Å². The Morgan fingerprint density at radius 2 is 1.57 bits per heavy atom. The number of benzene rings is 2. The highest BCUT2D eigenvalue weighted by atomic mass is 16.2. The summed E-state index contributed by atoms with van der Waals surface area (Å²) >= 11 is 0. The van der Waals surface area contributed by atoms with Crippen molar-refractivity contribution >= 4 is 5.91 Å². The molecule has 0 saturated carbocycles. The Balaban J connectivity index is 1.57. The van der Waals surface area contributed by atoms with Gasteiger partial charge in [0.15, 0.2) is 0 Å². The number of likely N-dealkylation sites (tertiary alicyclic amines) is 1. The van der Waals surface area contributed by atoms with Gasteiger partial charge in [0.25, 0.3) is 0 Å². The van der Waals surface area contributed by atoms with E-state index in [0.717, 1.165) is 25.2 Å². The molecular weight excluding hydrogens is 346 g/mol. The number of hydrogen-bond acceptors (Lipinski definition) is 3. The van der Waals surface area contributed by atoms with Crippen LogP contribution in [0.2, 0.25) is 0 Å². The van der Waals surface area contributed by atoms with Gasteiger partial charge in [-0.3, -0.25) is 9.69 Å². The molecule has 2 aromatic carbocycles. The molecule has 1 fully saturated rings. The van der Waals surface area contributed by atoms with Crippen molar-refractivity contribution in [2.24, 2.45) is 23.5 Å². The van der Waals surface area contributed by atoms with Gasteiger partial charge in [0.05, 0.1) is 5.92 Å². The molecule has 3 rings (SSSR count). The van der Waals surface area contributed by atoms with E-state index in [2.05, 4.69) is 54.4 Å². The fraction of sp³-hybridized carbons (Fsp3) is 0.458. The van der Waals surface area contributed by atoms with Crippen molar-refractivity contribution < 1.29 is 4.79 Å². The first-order valence-corrected chi connectivity index (χ1v) is 10.3. The van der Waals surface area contributed by atoms with Crippen LogP contribution >= 0.6 is 0 Å². The molecule has 4 unspecified atom stereocenters. The highest BCUT2D eigenvalue weighted by molar-refractivity contribution is 5.79. The lowest BCUT2D eigenvalue weighted by Crippen LogP contribution is -2.55. The standard InChI is InChI=1S/C24H33N3O/c1-17-14-27(16-20-10-6-4-7-11-20)15-18(2)23(17)26-24(28)19(3)22(25)21-12-8-5-9-13-21/h4-13,17-19,22-23H,14-16,25H2,1-3H3,(H,26,28). The minimum absolute atomic E-state index is 0.0524. The topological polar surface area (TPSA) is 58.4 Å². The van der Waals surface area contributed by atoms with Gasteiger partial charge in [0.1, 0.15) is 0 Å². The lowest BCUT2D eigenvalue weighted by atomic mass is 9.84. The van der Waals surface area contributed by atoms with Gasteiger partial charge in [-0.1, -0.05) is 81.4 Å². The molecule has 150 valence electrons. The second-order valence-corrected chi connectivity index (χ2v) is 8.39. The quantitative estimate of drug-likeness (QED) is 0.806. The van der Waals surface area contributed by atoms with Crippen LogP contribution in [-0.4, -0.2) is 29.9 Å². The zero-order valence-electron chi connectivity index (χ0n) is 17.2. The molecule has 1 amide bonds. The van der Waals surface area contributed by atoms with Crippen LogP contribution < -0.4 is 11.1 Å². The normalized spacial score (nSPS) is 25.1. The first kappa shape index (κ1) is 20.6. The number of hydrogen-bond donors (Lipinski definition) is 2. The monoisotopic (exact) mass is 379 g/mol. The molecule has 4 heteroatoms. The van der Waals surface area contributed by atoms with Crippen LogP contribution in [0.25, 0.3) is 0 Å². The Morgan fingerprint density at radius 1 is 1.04 bits per heavy atom. The summed E-state index contributed by atoms with van der Waals surface area (Å²) in [6.45, 7) is 9.34. The molecule has 0 aliphatic carbocycles. The second kappa shape index (κ2) is 9.35. The van der Waals surface area contributed by atoms with Gasteiger partial charge in [0, 0.05) is 31.7 Å². The summed E-state index contributed by atoms with van der Waals surface area (Å²) in [6, 6.07) is 20.4. The van der Waals surface area contributed by atoms with E-state index < -0.39 is 0 Å². The molecule has 1 saturated heterocycles. The van der Waals surface area contributed by atoms with Gasteiger partial charge in [-0.15, -0.1) is 0 Å². The van der Waals surface area contributed by atoms with Crippen LogP contribution in [0.4, 0.5) is 0 Å². The summed E-state index contributed by atoms with van der Waals surface area (Å²) in [5.41, 5.74) is 8.70. The van der Waals surface area contributed by atoms with E-state index in [1.54, 1.807) is 0 Å². The smallest absolute Gasteiger partial charge is 0.224 e. The van der Waals surface area contributed by atoms with E-state index >= 15 is 0 Å². The molecule has 28 heavy (non-hydrogen) atoms. The predicted molar refractivity (Wildman–Crippen MR) is 115 cm³/mol. The van der Waals surface area contributed by atoms with Crippen molar-refractivity contribution in [3.63, 3.8) is 0 Å². The number of piperidine rings is 1. The summed E-state index contributed by atoms with van der Waals surface area (Å²) < 4.78 is 0. The zero-order valence-corrected chi connectivity index (χ0v) is 17.2. The van der Waals surface area contributed by atoms with Crippen molar-refractivity contribution in [2.45, 2.75) is 39.4 Å². The molecule has 2 aromatic rings. The third-order valence-electron chi connectivity index (χ3n) is 6.01. The van der Waals surface area contributed by atoms with Gasteiger partial charge >= 0.3 is 0 Å². The molecule has 0 spiro atoms. The maximum atomic E-state index is 12.9. The maximum Gasteiger partial charge on any atom is 0.224 e. The van der Waals surface area contributed by atoms with E-state index in [1.165, 1.54) is 5.56 Å². The fourth-order valence-electron chi connectivity index (χ4n) is 4.36. The first-order valence-electron chi connectivity index (χ1n) is 10.3. The lowest BCUT2D eigenvalue weighted by molar-refractivity contribution is -0.127. The average molecular weight is 380 g/mol. The van der Waals surface area contributed by atoms with Crippen molar-refractivity contribution in [1.29, 1.82) is 0 Å². The molecule has 0 aromatic heterocycles. The maximum absolute atomic E-state index is 12.9. The summed E-state index contributed by atoms with van der Waals surface area (Å²) in [6.07, 6.45) is 0. The number of nitrogens with one attached hydrogen (secondary N) is 1. The summed E-state index contributed by atoms with van der Waals surface area (Å²) in [7, 11) is 0. The molecule has 4 atom stereocenters. The Labute approximate surface area is 169 Å². The SMILES string of the molecule is CC1CN(Cc2ccccc2)CC(C)C1NC(=O)C(C)C(N)c1ccccc1. The third-order valence-corrected chi connectivity index (χ3v) is 6.01. The van der Waals surface area contributed by atoms with Gasteiger partial charge in [0.2, 0.25) is 5.91 Å². The Bertz CT molecular complexity index is 737. The highest BCUT2D eigenvalue weighted by Gasteiger charge is 2.34. The average Bonchev–Trinajstić information content (AvgIpc) is 2.71. The molecule has 0 bridgehead atoms. The van der Waals surface area contributed by atoms with Crippen molar-refractivity contribution in [3.8, 4) is 0 Å². The van der Waals surface area contributed by atoms with E-state index in [-0.39, 0.29) is 23.9 Å². The summed E-state index contributed by atoms with van der Waals surface area (Å²) in [5.74, 6) is 0.592. The Kier molecular flexibility index (Phi) is 6.87. The van der Waals surface area contributed by atoms with Crippen molar-refractivity contribution in [3.05, 3.63) is 71.8 Å². The van der Waals surface area contributed by atoms with Crippen LogP contribution in [0.5, 0.6) is 0 Å². The van der Waals surface area contributed by atoms with Crippen LogP contribution in [0.15, 0.2) is 60.7 Å². The Hall–Kier alpha value is -2.17. The van der Waals surface area contributed by atoms with E-state index in [4.69, 9.17) is 5.73 Å². The molecule has 0 radical (unpaired) electrons. The van der Waals surface area contributed by atoms with Gasteiger partial charge < -0.3 is 11.1 Å². The number of carbonyl (C=O) groups is 1. The van der Waals surface area contributed by atoms with E-state index in [9.17, 15) is 4.79 Å². The number of nitrogens with two attached hydrogens (primary N) is 1. The molecular formula is C24H33N3O. The number of amides is 1. The van der Waals surface area contributed by atoms with Gasteiger partial charge in [-0.05, 0) is 23.0 Å². The number of rotatable bonds is 6. The van der Waals surface area contributed by atoms with Crippen LogP contribution in [0, 0.1) is 17.8 Å². The van der Waals surface area contributed by atoms with Crippen LogP contribution in [-0.2, 0) is 11.3 Å². The minimum Gasteiger partial charge on any atom is -0.352 e. The summed E-state index contributed by atoms with van der Waals surface area (Å²) in [5, 5.41) is 3.31. The second-order valence-electron chi connectivity index (χ2n) is 8.39. The molecule has 1 heterocycles. The first-order chi connectivity index (χ1) is 13.5. The zero-order chi connectivity index (χ0) is 20.1. The van der Waals surface area contributed by atoms with E-state index in [1.807, 2.05) is 37.3 Å². The predicted octanol–water partition coefficient (Wildman–Crippen LogP) is 3.60. The molecule has 1 aliphatic heterocycles. The third kappa shape index (κ3) is 5.00. The largest absolute Gasteiger partial charge is 0.352 e. The minimum atomic E-state index is -0.287. The highest BCUT2D eigenvalue weighted by Crippen LogP contribution is 2.25. The number of nitrogens with zero attached hydrogens (tertiary/aromatic N) is 1. The van der Waals surface area contributed by atoms with Crippen molar-refractivity contribution in [2.75, 3.05) is 13.1 Å².